The maximum absolute atomic E-state index is 6.03. The Morgan fingerprint density at radius 1 is 1.26 bits per heavy atom. The molecule has 2 bridgehead atoms. The fourth-order valence-electron chi connectivity index (χ4n) is 3.62. The number of nitrogens with one attached hydrogen (secondary N) is 1. The van der Waals surface area contributed by atoms with Crippen molar-refractivity contribution in [2.24, 2.45) is 0 Å². The molecule has 0 aliphatic carbocycles. The highest BCUT2D eigenvalue weighted by Gasteiger charge is 2.34. The quantitative estimate of drug-likeness (QED) is 0.912. The predicted molar refractivity (Wildman–Crippen MR) is 80.6 cm³/mol. The third kappa shape index (κ3) is 2.96. The number of benzene rings is 1. The van der Waals surface area contributed by atoms with E-state index in [0.717, 1.165) is 29.7 Å². The van der Waals surface area contributed by atoms with Crippen LogP contribution in [0.4, 0.5) is 0 Å². The molecule has 3 heteroatoms. The molecule has 1 aromatic carbocycles. The van der Waals surface area contributed by atoms with E-state index in [0.29, 0.717) is 0 Å². The van der Waals surface area contributed by atoms with Gasteiger partial charge in [0.05, 0.1) is 0 Å². The van der Waals surface area contributed by atoms with Gasteiger partial charge in [-0.15, -0.1) is 0 Å². The highest BCUT2D eigenvalue weighted by molar-refractivity contribution is 6.30. The minimum absolute atomic E-state index is 0.730. The summed E-state index contributed by atoms with van der Waals surface area (Å²) in [6.07, 6.45) is 5.35. The number of halogens is 1. The fraction of sp³-hybridized carbons (Fsp3) is 0.625. The third-order valence-electron chi connectivity index (χ3n) is 4.80. The van der Waals surface area contributed by atoms with Gasteiger partial charge in [0.1, 0.15) is 0 Å². The molecule has 104 valence electrons. The molecule has 0 saturated carbocycles. The molecule has 0 radical (unpaired) electrons. The van der Waals surface area contributed by atoms with Crippen molar-refractivity contribution in [2.45, 2.75) is 57.3 Å². The van der Waals surface area contributed by atoms with Crippen molar-refractivity contribution < 1.29 is 0 Å². The van der Waals surface area contributed by atoms with Crippen molar-refractivity contribution in [3.63, 3.8) is 0 Å². The summed E-state index contributed by atoms with van der Waals surface area (Å²) in [4.78, 5) is 2.53. The minimum atomic E-state index is 0.730. The van der Waals surface area contributed by atoms with Gasteiger partial charge in [0, 0.05) is 29.7 Å². The molecule has 0 amide bonds. The predicted octanol–water partition coefficient (Wildman–Crippen LogP) is 3.36. The Bertz CT molecular complexity index is 448. The second kappa shape index (κ2) is 5.43. The van der Waals surface area contributed by atoms with Gasteiger partial charge in [-0.3, -0.25) is 4.90 Å². The summed E-state index contributed by atoms with van der Waals surface area (Å²) in [5.74, 6) is 0. The maximum atomic E-state index is 6.03. The summed E-state index contributed by atoms with van der Waals surface area (Å²) < 4.78 is 0. The second-order valence-electron chi connectivity index (χ2n) is 6.25. The van der Waals surface area contributed by atoms with Gasteiger partial charge in [-0.1, -0.05) is 17.7 Å². The lowest BCUT2D eigenvalue weighted by molar-refractivity contribution is 0.165. The zero-order valence-electron chi connectivity index (χ0n) is 11.8. The highest BCUT2D eigenvalue weighted by Crippen LogP contribution is 2.30. The number of aryl methyl sites for hydroxylation is 1. The Morgan fingerprint density at radius 3 is 2.58 bits per heavy atom. The van der Waals surface area contributed by atoms with Crippen molar-refractivity contribution in [1.82, 2.24) is 10.2 Å². The average Bonchev–Trinajstić information content (AvgIpc) is 2.71. The lowest BCUT2D eigenvalue weighted by Gasteiger charge is -2.35. The summed E-state index contributed by atoms with van der Waals surface area (Å²) >= 11 is 6.03. The number of hydrogen-bond donors (Lipinski definition) is 1. The van der Waals surface area contributed by atoms with Gasteiger partial charge in [0.2, 0.25) is 0 Å². The van der Waals surface area contributed by atoms with E-state index >= 15 is 0 Å². The Morgan fingerprint density at radius 2 is 1.95 bits per heavy atom. The van der Waals surface area contributed by atoms with Crippen LogP contribution in [0, 0.1) is 6.92 Å². The molecule has 2 saturated heterocycles. The monoisotopic (exact) mass is 278 g/mol. The summed E-state index contributed by atoms with van der Waals surface area (Å²) in [6.45, 7) is 3.19. The number of rotatable bonds is 3. The van der Waals surface area contributed by atoms with Crippen LogP contribution in [0.5, 0.6) is 0 Å². The van der Waals surface area contributed by atoms with E-state index in [2.05, 4.69) is 36.3 Å². The zero-order chi connectivity index (χ0) is 13.4. The van der Waals surface area contributed by atoms with Crippen LogP contribution in [0.25, 0.3) is 0 Å². The topological polar surface area (TPSA) is 15.3 Å². The van der Waals surface area contributed by atoms with E-state index in [4.69, 9.17) is 11.6 Å². The Hall–Kier alpha value is -0.570. The smallest absolute Gasteiger partial charge is 0.0408 e. The van der Waals surface area contributed by atoms with Gasteiger partial charge in [-0.2, -0.15) is 0 Å². The van der Waals surface area contributed by atoms with Crippen molar-refractivity contribution >= 4 is 11.6 Å². The van der Waals surface area contributed by atoms with E-state index in [1.54, 1.807) is 0 Å². The Balaban J connectivity index is 1.66. The normalized spacial score (nSPS) is 30.0. The van der Waals surface area contributed by atoms with Gasteiger partial charge in [-0.05, 0) is 62.9 Å². The maximum Gasteiger partial charge on any atom is 0.0408 e. The van der Waals surface area contributed by atoms with Crippen LogP contribution in [0.2, 0.25) is 5.02 Å². The lowest BCUT2D eigenvalue weighted by Crippen LogP contribution is -2.46. The standard InChI is InChI=1S/C16H23ClN2/c1-11-7-13(17)4-3-12(11)10-19(2)16-8-14-5-6-15(9-16)18-14/h3-4,7,14-16,18H,5-6,8-10H2,1-2H3. The molecule has 1 N–H and O–H groups in total. The van der Waals surface area contributed by atoms with E-state index < -0.39 is 0 Å². The summed E-state index contributed by atoms with van der Waals surface area (Å²) in [5, 5.41) is 4.55. The lowest BCUT2D eigenvalue weighted by atomic mass is 9.97. The average molecular weight is 279 g/mol. The fourth-order valence-corrected chi connectivity index (χ4v) is 3.85. The first-order valence-electron chi connectivity index (χ1n) is 7.33. The van der Waals surface area contributed by atoms with Crippen molar-refractivity contribution in [1.29, 1.82) is 0 Å². The Kier molecular flexibility index (Phi) is 3.84. The first-order valence-corrected chi connectivity index (χ1v) is 7.71. The van der Waals surface area contributed by atoms with Crippen molar-refractivity contribution in [3.05, 3.63) is 34.3 Å². The first-order chi connectivity index (χ1) is 9.11. The van der Waals surface area contributed by atoms with E-state index in [9.17, 15) is 0 Å². The van der Waals surface area contributed by atoms with Crippen LogP contribution in [-0.4, -0.2) is 30.1 Å². The molecule has 2 heterocycles. The molecular weight excluding hydrogens is 256 g/mol. The van der Waals surface area contributed by atoms with E-state index in [-0.39, 0.29) is 0 Å². The summed E-state index contributed by atoms with van der Waals surface area (Å²) in [6, 6.07) is 8.49. The zero-order valence-corrected chi connectivity index (χ0v) is 12.6. The van der Waals surface area contributed by atoms with Crippen LogP contribution in [0.3, 0.4) is 0 Å². The number of piperidine rings is 1. The molecule has 2 unspecified atom stereocenters. The summed E-state index contributed by atoms with van der Waals surface area (Å²) in [5.41, 5.74) is 2.70. The van der Waals surface area contributed by atoms with Crippen LogP contribution in [0.15, 0.2) is 18.2 Å². The molecule has 2 aliphatic rings. The van der Waals surface area contributed by atoms with Gasteiger partial charge >= 0.3 is 0 Å². The molecule has 19 heavy (non-hydrogen) atoms. The van der Waals surface area contributed by atoms with Crippen LogP contribution in [-0.2, 0) is 6.54 Å². The van der Waals surface area contributed by atoms with Crippen LogP contribution in [0.1, 0.15) is 36.8 Å². The van der Waals surface area contributed by atoms with Gasteiger partial charge in [-0.25, -0.2) is 0 Å². The van der Waals surface area contributed by atoms with Crippen LogP contribution >= 0.6 is 11.6 Å². The molecule has 2 atom stereocenters. The van der Waals surface area contributed by atoms with E-state index in [1.807, 2.05) is 6.07 Å². The summed E-state index contributed by atoms with van der Waals surface area (Å²) in [7, 11) is 2.27. The molecule has 2 nitrogen and oxygen atoms in total. The second-order valence-corrected chi connectivity index (χ2v) is 6.69. The number of fused-ring (bicyclic) bond motifs is 2. The minimum Gasteiger partial charge on any atom is -0.311 e. The highest BCUT2D eigenvalue weighted by atomic mass is 35.5. The first kappa shape index (κ1) is 13.4. The van der Waals surface area contributed by atoms with Gasteiger partial charge < -0.3 is 5.32 Å². The largest absolute Gasteiger partial charge is 0.311 e. The Labute approximate surface area is 121 Å². The van der Waals surface area contributed by atoms with Gasteiger partial charge in [0.25, 0.3) is 0 Å². The van der Waals surface area contributed by atoms with Crippen LogP contribution < -0.4 is 5.32 Å². The van der Waals surface area contributed by atoms with Crippen molar-refractivity contribution in [3.8, 4) is 0 Å². The number of hydrogen-bond acceptors (Lipinski definition) is 2. The third-order valence-corrected chi connectivity index (χ3v) is 5.03. The molecule has 0 spiro atoms. The molecule has 1 aromatic rings. The van der Waals surface area contributed by atoms with E-state index in [1.165, 1.54) is 36.8 Å². The molecular formula is C16H23ClN2. The molecule has 2 fully saturated rings. The molecule has 0 aromatic heterocycles. The molecule has 3 rings (SSSR count). The van der Waals surface area contributed by atoms with Gasteiger partial charge in [0.15, 0.2) is 0 Å². The number of nitrogens with zero attached hydrogens (tertiary/aromatic N) is 1. The SMILES string of the molecule is Cc1cc(Cl)ccc1CN(C)C1CC2CCC(C1)N2. The molecule has 2 aliphatic heterocycles. The van der Waals surface area contributed by atoms with Crippen molar-refractivity contribution in [2.75, 3.05) is 7.05 Å².